The Kier molecular flexibility index (Phi) is 6.22. The van der Waals surface area contributed by atoms with E-state index in [1.54, 1.807) is 6.07 Å². The number of aromatic nitrogens is 1. The topological polar surface area (TPSA) is 109 Å². The van der Waals surface area contributed by atoms with Crippen molar-refractivity contribution in [3.05, 3.63) is 57.8 Å². The normalized spacial score (nSPS) is 10.0. The van der Waals surface area contributed by atoms with E-state index in [0.29, 0.717) is 5.69 Å². The monoisotopic (exact) mass is 354 g/mol. The Hall–Kier alpha value is -3.47. The maximum absolute atomic E-state index is 12.6. The Balaban J connectivity index is 2.18. The highest BCUT2D eigenvalue weighted by atomic mass is 16.6. The number of hydrogen-bond acceptors (Lipinski definition) is 6. The molecule has 0 spiro atoms. The summed E-state index contributed by atoms with van der Waals surface area (Å²) < 4.78 is 5.32. The molecule has 134 valence electrons. The molecule has 0 bridgehead atoms. The summed E-state index contributed by atoms with van der Waals surface area (Å²) >= 11 is 0. The zero-order valence-corrected chi connectivity index (χ0v) is 14.5. The van der Waals surface area contributed by atoms with Crippen molar-refractivity contribution in [2.75, 3.05) is 18.1 Å². The highest BCUT2D eigenvalue weighted by molar-refractivity contribution is 5.94. The molecule has 0 radical (unpaired) electrons. The van der Waals surface area contributed by atoms with Crippen LogP contribution >= 0.6 is 0 Å². The lowest BCUT2D eigenvalue weighted by molar-refractivity contribution is -0.390. The van der Waals surface area contributed by atoms with Crippen molar-refractivity contribution in [2.45, 2.75) is 20.3 Å². The van der Waals surface area contributed by atoms with E-state index in [2.05, 4.69) is 4.98 Å². The highest BCUT2D eigenvalue weighted by Crippen LogP contribution is 2.24. The number of benzene rings is 1. The first-order valence-electron chi connectivity index (χ1n) is 7.91. The van der Waals surface area contributed by atoms with E-state index in [9.17, 15) is 14.9 Å². The lowest BCUT2D eigenvalue weighted by Gasteiger charge is -2.22. The lowest BCUT2D eigenvalue weighted by atomic mass is 10.1. The Morgan fingerprint density at radius 2 is 2.12 bits per heavy atom. The molecule has 26 heavy (non-hydrogen) atoms. The number of nitrogens with zero attached hydrogens (tertiary/aromatic N) is 4. The van der Waals surface area contributed by atoms with Crippen LogP contribution in [0.3, 0.4) is 0 Å². The second-order valence-corrected chi connectivity index (χ2v) is 5.59. The van der Waals surface area contributed by atoms with Crippen LogP contribution in [0.25, 0.3) is 0 Å². The minimum atomic E-state index is -0.670. The number of nitro groups is 1. The molecule has 0 saturated carbocycles. The standard InChI is InChI=1S/C18H18N4O4/c1-13-6-7-15(11-14(13)2)21(10-4-8-19)17(23)12-26-16-5-3-9-20-18(16)22(24)25/h3,5-7,9,11H,4,10,12H2,1-2H3. The summed E-state index contributed by atoms with van der Waals surface area (Å²) in [6.07, 6.45) is 1.44. The summed E-state index contributed by atoms with van der Waals surface area (Å²) in [7, 11) is 0. The van der Waals surface area contributed by atoms with Gasteiger partial charge in [-0.3, -0.25) is 4.79 Å². The van der Waals surface area contributed by atoms with Gasteiger partial charge < -0.3 is 19.8 Å². The summed E-state index contributed by atoms with van der Waals surface area (Å²) in [5.74, 6) is -0.928. The number of aryl methyl sites for hydroxylation is 2. The number of carbonyl (C=O) groups is 1. The zero-order valence-electron chi connectivity index (χ0n) is 14.5. The minimum absolute atomic E-state index is 0.0776. The molecule has 1 amide bonds. The third-order valence-corrected chi connectivity index (χ3v) is 3.83. The molecule has 0 saturated heterocycles. The maximum Gasteiger partial charge on any atom is 0.406 e. The number of rotatable bonds is 7. The molecular formula is C18H18N4O4. The predicted octanol–water partition coefficient (Wildman–Crippen LogP) is 2.93. The quantitative estimate of drug-likeness (QED) is 0.558. The van der Waals surface area contributed by atoms with Crippen LogP contribution in [0.1, 0.15) is 17.5 Å². The number of anilines is 1. The molecule has 0 aliphatic rings. The van der Waals surface area contributed by atoms with E-state index in [1.807, 2.05) is 32.0 Å². The second kappa shape index (κ2) is 8.58. The smallest absolute Gasteiger partial charge is 0.406 e. The molecule has 2 rings (SSSR count). The van der Waals surface area contributed by atoms with E-state index in [0.717, 1.165) is 11.1 Å². The number of ether oxygens (including phenoxy) is 1. The molecule has 0 unspecified atom stereocenters. The fraction of sp³-hybridized carbons (Fsp3) is 0.278. The van der Waals surface area contributed by atoms with Crippen LogP contribution in [0.2, 0.25) is 0 Å². The Labute approximate surface area is 150 Å². The molecule has 8 heteroatoms. The van der Waals surface area contributed by atoms with Gasteiger partial charge in [0, 0.05) is 12.2 Å². The maximum atomic E-state index is 12.6. The van der Waals surface area contributed by atoms with Crippen LogP contribution in [0.4, 0.5) is 11.5 Å². The van der Waals surface area contributed by atoms with Crippen molar-refractivity contribution in [2.24, 2.45) is 0 Å². The minimum Gasteiger partial charge on any atom is -0.476 e. The second-order valence-electron chi connectivity index (χ2n) is 5.59. The van der Waals surface area contributed by atoms with Crippen LogP contribution in [0, 0.1) is 35.3 Å². The van der Waals surface area contributed by atoms with Crippen molar-refractivity contribution in [1.82, 2.24) is 4.98 Å². The van der Waals surface area contributed by atoms with Gasteiger partial charge >= 0.3 is 5.82 Å². The molecule has 0 aliphatic heterocycles. The van der Waals surface area contributed by atoms with Gasteiger partial charge in [0.2, 0.25) is 5.75 Å². The third kappa shape index (κ3) is 4.54. The average Bonchev–Trinajstić information content (AvgIpc) is 2.63. The van der Waals surface area contributed by atoms with Gasteiger partial charge in [0.1, 0.15) is 6.20 Å². The molecule has 1 aromatic carbocycles. The van der Waals surface area contributed by atoms with Gasteiger partial charge in [-0.1, -0.05) is 6.07 Å². The Morgan fingerprint density at radius 1 is 1.35 bits per heavy atom. The SMILES string of the molecule is Cc1ccc(N(CCC#N)C(=O)COc2cccnc2[N+](=O)[O-])cc1C. The van der Waals surface area contributed by atoms with Gasteiger partial charge in [-0.05, 0) is 59.1 Å². The molecular weight excluding hydrogens is 336 g/mol. The number of nitriles is 1. The van der Waals surface area contributed by atoms with E-state index < -0.39 is 23.3 Å². The first-order valence-corrected chi connectivity index (χ1v) is 7.91. The fourth-order valence-corrected chi connectivity index (χ4v) is 2.30. The highest BCUT2D eigenvalue weighted by Gasteiger charge is 2.20. The molecule has 0 aliphatic carbocycles. The van der Waals surface area contributed by atoms with Crippen molar-refractivity contribution >= 4 is 17.4 Å². The van der Waals surface area contributed by atoms with E-state index in [-0.39, 0.29) is 18.7 Å². The predicted molar refractivity (Wildman–Crippen MR) is 94.9 cm³/mol. The first kappa shape index (κ1) is 18.9. The lowest BCUT2D eigenvalue weighted by Crippen LogP contribution is -2.35. The Bertz CT molecular complexity index is 861. The first-order chi connectivity index (χ1) is 12.4. The van der Waals surface area contributed by atoms with Crippen molar-refractivity contribution in [3.8, 4) is 11.8 Å². The summed E-state index contributed by atoms with van der Waals surface area (Å²) in [6, 6.07) is 10.4. The summed E-state index contributed by atoms with van der Waals surface area (Å²) in [5, 5.41) is 19.8. The van der Waals surface area contributed by atoms with Crippen LogP contribution in [-0.2, 0) is 4.79 Å². The molecule has 1 aromatic heterocycles. The number of hydrogen-bond donors (Lipinski definition) is 0. The van der Waals surface area contributed by atoms with Crippen LogP contribution in [0.5, 0.6) is 5.75 Å². The molecule has 0 N–H and O–H groups in total. The number of carbonyl (C=O) groups excluding carboxylic acids is 1. The van der Waals surface area contributed by atoms with Crippen molar-refractivity contribution in [3.63, 3.8) is 0 Å². The van der Waals surface area contributed by atoms with Gasteiger partial charge in [-0.2, -0.15) is 5.26 Å². The van der Waals surface area contributed by atoms with Gasteiger partial charge in [0.15, 0.2) is 6.61 Å². The van der Waals surface area contributed by atoms with E-state index in [1.165, 1.54) is 23.2 Å². The summed E-state index contributed by atoms with van der Waals surface area (Å²) in [5.41, 5.74) is 2.75. The molecule has 1 heterocycles. The van der Waals surface area contributed by atoms with E-state index in [4.69, 9.17) is 10.00 Å². The number of amides is 1. The molecule has 0 atom stereocenters. The summed E-state index contributed by atoms with van der Waals surface area (Å²) in [6.45, 7) is 3.70. The van der Waals surface area contributed by atoms with E-state index >= 15 is 0 Å². The average molecular weight is 354 g/mol. The molecule has 0 fully saturated rings. The van der Waals surface area contributed by atoms with Crippen molar-refractivity contribution in [1.29, 1.82) is 5.26 Å². The third-order valence-electron chi connectivity index (χ3n) is 3.83. The van der Waals surface area contributed by atoms with Crippen molar-refractivity contribution < 1.29 is 14.5 Å². The molecule has 8 nitrogen and oxygen atoms in total. The number of pyridine rings is 1. The zero-order chi connectivity index (χ0) is 19.1. The van der Waals surface area contributed by atoms with Gasteiger partial charge in [-0.25, -0.2) is 0 Å². The van der Waals surface area contributed by atoms with Crippen LogP contribution < -0.4 is 9.64 Å². The summed E-state index contributed by atoms with van der Waals surface area (Å²) in [4.78, 5) is 28.0. The van der Waals surface area contributed by atoms with Gasteiger partial charge in [0.25, 0.3) is 5.91 Å². The van der Waals surface area contributed by atoms with Crippen LogP contribution in [0.15, 0.2) is 36.5 Å². The fourth-order valence-electron chi connectivity index (χ4n) is 2.30. The van der Waals surface area contributed by atoms with Gasteiger partial charge in [0.05, 0.1) is 12.5 Å². The molecule has 2 aromatic rings. The largest absolute Gasteiger partial charge is 0.476 e. The van der Waals surface area contributed by atoms with Crippen LogP contribution in [-0.4, -0.2) is 29.0 Å². The van der Waals surface area contributed by atoms with Gasteiger partial charge in [-0.15, -0.1) is 0 Å². The Morgan fingerprint density at radius 3 is 2.77 bits per heavy atom.